The lowest BCUT2D eigenvalue weighted by molar-refractivity contribution is 0.0230. The van der Waals surface area contributed by atoms with E-state index in [1.165, 1.54) is 5.56 Å². The molecule has 1 heterocycles. The number of benzene rings is 1. The van der Waals surface area contributed by atoms with Crippen LogP contribution in [0.4, 0.5) is 0 Å². The summed E-state index contributed by atoms with van der Waals surface area (Å²) in [6, 6.07) is 5.93. The summed E-state index contributed by atoms with van der Waals surface area (Å²) < 4.78 is 5.42. The first-order chi connectivity index (χ1) is 9.00. The highest BCUT2D eigenvalue weighted by Crippen LogP contribution is 2.31. The predicted molar refractivity (Wildman–Crippen MR) is 77.4 cm³/mol. The van der Waals surface area contributed by atoms with E-state index < -0.39 is 0 Å². The fourth-order valence-corrected chi connectivity index (χ4v) is 2.57. The molecule has 3 heteroatoms. The summed E-state index contributed by atoms with van der Waals surface area (Å²) in [5, 5.41) is 13.5. The summed E-state index contributed by atoms with van der Waals surface area (Å²) in [6.07, 6.45) is 2.21. The van der Waals surface area contributed by atoms with Crippen molar-refractivity contribution in [3.05, 3.63) is 29.3 Å². The zero-order chi connectivity index (χ0) is 13.9. The number of hydrogen-bond acceptors (Lipinski definition) is 3. The average Bonchev–Trinajstić information content (AvgIpc) is 2.40. The zero-order valence-electron chi connectivity index (χ0n) is 12.2. The standard InChI is InChI=1S/C16H25NO2/c1-12-4-5-15(18)14(10-12)13(2)17-11-16(3)6-8-19-9-7-16/h4-5,10,13,17-18H,6-9,11H2,1-3H3. The quantitative estimate of drug-likeness (QED) is 0.876. The van der Waals surface area contributed by atoms with Gasteiger partial charge in [0.15, 0.2) is 0 Å². The van der Waals surface area contributed by atoms with Crippen molar-refractivity contribution in [1.29, 1.82) is 0 Å². The summed E-state index contributed by atoms with van der Waals surface area (Å²) >= 11 is 0. The van der Waals surface area contributed by atoms with E-state index in [0.29, 0.717) is 11.2 Å². The van der Waals surface area contributed by atoms with Gasteiger partial charge in [0.1, 0.15) is 5.75 Å². The molecule has 106 valence electrons. The normalized spacial score (nSPS) is 20.2. The van der Waals surface area contributed by atoms with E-state index >= 15 is 0 Å². The molecule has 0 saturated carbocycles. The number of nitrogens with one attached hydrogen (secondary N) is 1. The van der Waals surface area contributed by atoms with E-state index in [2.05, 4.69) is 32.2 Å². The average molecular weight is 263 g/mol. The second-order valence-corrected chi connectivity index (χ2v) is 6.09. The molecule has 0 aromatic heterocycles. The maximum atomic E-state index is 9.95. The first kappa shape index (κ1) is 14.4. The lowest BCUT2D eigenvalue weighted by atomic mass is 9.82. The van der Waals surface area contributed by atoms with Crippen LogP contribution in [0.1, 0.15) is 43.9 Å². The van der Waals surface area contributed by atoms with Gasteiger partial charge in [-0.25, -0.2) is 0 Å². The molecule has 1 aliphatic rings. The second kappa shape index (κ2) is 5.93. The fraction of sp³-hybridized carbons (Fsp3) is 0.625. The highest BCUT2D eigenvalue weighted by atomic mass is 16.5. The van der Waals surface area contributed by atoms with Crippen LogP contribution in [-0.4, -0.2) is 24.9 Å². The molecule has 0 aliphatic carbocycles. The molecule has 19 heavy (non-hydrogen) atoms. The highest BCUT2D eigenvalue weighted by molar-refractivity contribution is 5.37. The lowest BCUT2D eigenvalue weighted by Crippen LogP contribution is -2.37. The van der Waals surface area contributed by atoms with Crippen LogP contribution < -0.4 is 5.32 Å². The minimum Gasteiger partial charge on any atom is -0.508 e. The highest BCUT2D eigenvalue weighted by Gasteiger charge is 2.27. The van der Waals surface area contributed by atoms with Crippen molar-refractivity contribution >= 4 is 0 Å². The number of ether oxygens (including phenoxy) is 1. The molecular formula is C16H25NO2. The second-order valence-electron chi connectivity index (χ2n) is 6.09. The first-order valence-corrected chi connectivity index (χ1v) is 7.11. The van der Waals surface area contributed by atoms with Crippen LogP contribution in [0.3, 0.4) is 0 Å². The summed E-state index contributed by atoms with van der Waals surface area (Å²) in [5.74, 6) is 0.378. The van der Waals surface area contributed by atoms with Gasteiger partial charge in [0, 0.05) is 31.4 Å². The molecule has 1 aromatic rings. The van der Waals surface area contributed by atoms with Crippen LogP contribution in [0.5, 0.6) is 5.75 Å². The van der Waals surface area contributed by atoms with Crippen molar-refractivity contribution in [2.24, 2.45) is 5.41 Å². The van der Waals surface area contributed by atoms with Crippen LogP contribution in [0.25, 0.3) is 0 Å². The number of aromatic hydroxyl groups is 1. The topological polar surface area (TPSA) is 41.5 Å². The number of phenolic OH excluding ortho intramolecular Hbond substituents is 1. The minimum absolute atomic E-state index is 0.166. The third kappa shape index (κ3) is 3.71. The van der Waals surface area contributed by atoms with Crippen molar-refractivity contribution < 1.29 is 9.84 Å². The van der Waals surface area contributed by atoms with Gasteiger partial charge in [-0.2, -0.15) is 0 Å². The number of aryl methyl sites for hydroxylation is 1. The van der Waals surface area contributed by atoms with Gasteiger partial charge in [0.05, 0.1) is 0 Å². The minimum atomic E-state index is 0.166. The third-order valence-corrected chi connectivity index (χ3v) is 4.18. The predicted octanol–water partition coefficient (Wildman–Crippen LogP) is 3.17. The monoisotopic (exact) mass is 263 g/mol. The first-order valence-electron chi connectivity index (χ1n) is 7.11. The SMILES string of the molecule is Cc1ccc(O)c(C(C)NCC2(C)CCOCC2)c1. The Kier molecular flexibility index (Phi) is 4.48. The molecule has 1 aliphatic heterocycles. The molecule has 1 aromatic carbocycles. The Morgan fingerprint density at radius 3 is 2.74 bits per heavy atom. The van der Waals surface area contributed by atoms with Crippen molar-refractivity contribution in [2.75, 3.05) is 19.8 Å². The number of phenols is 1. The summed E-state index contributed by atoms with van der Waals surface area (Å²) in [4.78, 5) is 0. The molecule has 0 amide bonds. The molecule has 0 radical (unpaired) electrons. The zero-order valence-corrected chi connectivity index (χ0v) is 12.2. The van der Waals surface area contributed by atoms with Gasteiger partial charge in [-0.05, 0) is 38.2 Å². The van der Waals surface area contributed by atoms with Gasteiger partial charge in [0.25, 0.3) is 0 Å². The molecule has 1 atom stereocenters. The number of hydrogen-bond donors (Lipinski definition) is 2. The molecule has 1 saturated heterocycles. The third-order valence-electron chi connectivity index (χ3n) is 4.18. The largest absolute Gasteiger partial charge is 0.508 e. The van der Waals surface area contributed by atoms with Gasteiger partial charge in [0.2, 0.25) is 0 Å². The van der Waals surface area contributed by atoms with Crippen molar-refractivity contribution in [3.8, 4) is 5.75 Å². The van der Waals surface area contributed by atoms with Crippen LogP contribution >= 0.6 is 0 Å². The van der Waals surface area contributed by atoms with Crippen LogP contribution in [0.15, 0.2) is 18.2 Å². The smallest absolute Gasteiger partial charge is 0.120 e. The van der Waals surface area contributed by atoms with Gasteiger partial charge >= 0.3 is 0 Å². The van der Waals surface area contributed by atoms with E-state index in [-0.39, 0.29) is 6.04 Å². The molecule has 1 unspecified atom stereocenters. The summed E-state index contributed by atoms with van der Waals surface area (Å²) in [5.41, 5.74) is 2.47. The van der Waals surface area contributed by atoms with Gasteiger partial charge in [-0.3, -0.25) is 0 Å². The Hall–Kier alpha value is -1.06. The lowest BCUT2D eigenvalue weighted by Gasteiger charge is -2.35. The fourth-order valence-electron chi connectivity index (χ4n) is 2.57. The molecule has 0 bridgehead atoms. The van der Waals surface area contributed by atoms with E-state index in [1.54, 1.807) is 6.07 Å². The van der Waals surface area contributed by atoms with E-state index in [9.17, 15) is 5.11 Å². The van der Waals surface area contributed by atoms with E-state index in [4.69, 9.17) is 4.74 Å². The Morgan fingerprint density at radius 2 is 2.05 bits per heavy atom. The van der Waals surface area contributed by atoms with Gasteiger partial charge in [-0.1, -0.05) is 24.6 Å². The molecule has 3 nitrogen and oxygen atoms in total. The Morgan fingerprint density at radius 1 is 1.37 bits per heavy atom. The maximum Gasteiger partial charge on any atom is 0.120 e. The van der Waals surface area contributed by atoms with E-state index in [1.807, 2.05) is 6.07 Å². The molecule has 1 fully saturated rings. The molecule has 2 rings (SSSR count). The Labute approximate surface area is 116 Å². The molecule has 0 spiro atoms. The van der Waals surface area contributed by atoms with Gasteiger partial charge in [-0.15, -0.1) is 0 Å². The van der Waals surface area contributed by atoms with Crippen molar-refractivity contribution in [3.63, 3.8) is 0 Å². The van der Waals surface area contributed by atoms with Crippen LogP contribution in [0.2, 0.25) is 0 Å². The Balaban J connectivity index is 1.97. The molecule has 2 N–H and O–H groups in total. The van der Waals surface area contributed by atoms with Crippen molar-refractivity contribution in [2.45, 2.75) is 39.7 Å². The summed E-state index contributed by atoms with van der Waals surface area (Å²) in [7, 11) is 0. The van der Waals surface area contributed by atoms with Crippen LogP contribution in [0, 0.1) is 12.3 Å². The molecular weight excluding hydrogens is 238 g/mol. The van der Waals surface area contributed by atoms with Crippen molar-refractivity contribution in [1.82, 2.24) is 5.32 Å². The van der Waals surface area contributed by atoms with Gasteiger partial charge < -0.3 is 15.2 Å². The Bertz CT molecular complexity index is 425. The maximum absolute atomic E-state index is 9.95. The van der Waals surface area contributed by atoms with E-state index in [0.717, 1.165) is 38.2 Å². The van der Waals surface area contributed by atoms with Crippen LogP contribution in [-0.2, 0) is 4.74 Å². The summed E-state index contributed by atoms with van der Waals surface area (Å²) in [6.45, 7) is 9.16. The number of rotatable bonds is 4.